The number of hydrogen-bond acceptors (Lipinski definition) is 5. The molecule has 0 saturated carbocycles. The zero-order chi connectivity index (χ0) is 12.8. The fourth-order valence-electron chi connectivity index (χ4n) is 1.74. The van der Waals surface area contributed by atoms with Gasteiger partial charge in [-0.1, -0.05) is 6.58 Å². The minimum Gasteiger partial charge on any atom is -0.403 e. The van der Waals surface area contributed by atoms with Gasteiger partial charge >= 0.3 is 0 Å². The summed E-state index contributed by atoms with van der Waals surface area (Å²) in [4.78, 5) is 13.6. The third-order valence-electron chi connectivity index (χ3n) is 2.77. The quantitative estimate of drug-likeness (QED) is 0.485. The van der Waals surface area contributed by atoms with Crippen LogP contribution < -0.4 is 16.8 Å². The lowest BCUT2D eigenvalue weighted by atomic mass is 10.1. The van der Waals surface area contributed by atoms with E-state index in [1.807, 2.05) is 0 Å². The Labute approximate surface area is 101 Å². The van der Waals surface area contributed by atoms with E-state index in [0.29, 0.717) is 13.1 Å². The summed E-state index contributed by atoms with van der Waals surface area (Å²) >= 11 is 0. The molecular weight excluding hydrogens is 220 g/mol. The van der Waals surface area contributed by atoms with Crippen molar-refractivity contribution in [1.82, 2.24) is 10.2 Å². The fourth-order valence-corrected chi connectivity index (χ4v) is 1.74. The van der Waals surface area contributed by atoms with Crippen molar-refractivity contribution >= 4 is 5.91 Å². The molecule has 6 nitrogen and oxygen atoms in total. The Hall–Kier alpha value is -1.53. The topological polar surface area (TPSA) is 105 Å². The van der Waals surface area contributed by atoms with Crippen LogP contribution in [0.25, 0.3) is 0 Å². The SMILES string of the molecule is C=C(N/C=C\N)C(O)C(N)C(=O)N1CCCC1. The number of amides is 1. The molecule has 1 amide bonds. The normalized spacial score (nSPS) is 19.3. The van der Waals surface area contributed by atoms with Crippen molar-refractivity contribution in [2.75, 3.05) is 13.1 Å². The zero-order valence-electron chi connectivity index (χ0n) is 9.80. The van der Waals surface area contributed by atoms with E-state index >= 15 is 0 Å². The number of nitrogens with zero attached hydrogens (tertiary/aromatic N) is 1. The lowest BCUT2D eigenvalue weighted by molar-refractivity contribution is -0.133. The maximum absolute atomic E-state index is 11.9. The predicted octanol–water partition coefficient (Wildman–Crippen LogP) is -1.17. The van der Waals surface area contributed by atoms with E-state index in [4.69, 9.17) is 11.5 Å². The molecule has 0 aromatic carbocycles. The van der Waals surface area contributed by atoms with Crippen molar-refractivity contribution in [1.29, 1.82) is 0 Å². The van der Waals surface area contributed by atoms with Crippen molar-refractivity contribution < 1.29 is 9.90 Å². The number of hydrogen-bond donors (Lipinski definition) is 4. The van der Waals surface area contributed by atoms with Crippen LogP contribution in [-0.4, -0.2) is 41.1 Å². The van der Waals surface area contributed by atoms with Crippen LogP contribution in [0.15, 0.2) is 24.7 Å². The highest BCUT2D eigenvalue weighted by Crippen LogP contribution is 2.11. The molecule has 6 N–H and O–H groups in total. The molecule has 0 aromatic heterocycles. The van der Waals surface area contributed by atoms with Gasteiger partial charge in [-0.05, 0) is 12.8 Å². The molecule has 1 aliphatic rings. The number of nitrogens with two attached hydrogens (primary N) is 2. The molecule has 1 aliphatic heterocycles. The van der Waals surface area contributed by atoms with Crippen molar-refractivity contribution in [3.8, 4) is 0 Å². The summed E-state index contributed by atoms with van der Waals surface area (Å²) < 4.78 is 0. The van der Waals surface area contributed by atoms with Crippen molar-refractivity contribution in [2.45, 2.75) is 25.0 Å². The second kappa shape index (κ2) is 6.27. The van der Waals surface area contributed by atoms with Gasteiger partial charge in [-0.25, -0.2) is 0 Å². The van der Waals surface area contributed by atoms with Crippen LogP contribution in [0.3, 0.4) is 0 Å². The number of aliphatic hydroxyl groups is 1. The molecule has 17 heavy (non-hydrogen) atoms. The maximum atomic E-state index is 11.9. The number of likely N-dealkylation sites (tertiary alicyclic amines) is 1. The summed E-state index contributed by atoms with van der Waals surface area (Å²) in [5.41, 5.74) is 11.1. The van der Waals surface area contributed by atoms with Crippen LogP contribution in [0, 0.1) is 0 Å². The Morgan fingerprint density at radius 3 is 2.59 bits per heavy atom. The molecule has 0 spiro atoms. The molecule has 6 heteroatoms. The van der Waals surface area contributed by atoms with Gasteiger partial charge in [-0.2, -0.15) is 0 Å². The Bertz CT molecular complexity index is 311. The van der Waals surface area contributed by atoms with E-state index < -0.39 is 12.1 Å². The first-order chi connectivity index (χ1) is 8.07. The van der Waals surface area contributed by atoms with E-state index in [-0.39, 0.29) is 11.6 Å². The number of carbonyl (C=O) groups excluding carboxylic acids is 1. The Kier molecular flexibility index (Phi) is 4.99. The van der Waals surface area contributed by atoms with Crippen LogP contribution in [0.1, 0.15) is 12.8 Å². The maximum Gasteiger partial charge on any atom is 0.242 e. The molecule has 2 unspecified atom stereocenters. The van der Waals surface area contributed by atoms with Gasteiger partial charge in [0.1, 0.15) is 12.1 Å². The van der Waals surface area contributed by atoms with Gasteiger partial charge in [0, 0.05) is 31.2 Å². The standard InChI is InChI=1S/C11H20N4O2/c1-8(14-5-4-12)10(16)9(13)11(17)15-6-2-3-7-15/h4-5,9-10,14,16H,1-3,6-7,12-13H2/b5-4-. The molecule has 1 fully saturated rings. The van der Waals surface area contributed by atoms with Gasteiger partial charge in [0.2, 0.25) is 5.91 Å². The number of nitrogens with one attached hydrogen (secondary N) is 1. The van der Waals surface area contributed by atoms with Gasteiger partial charge < -0.3 is 26.8 Å². The second-order valence-corrected chi connectivity index (χ2v) is 4.03. The highest BCUT2D eigenvalue weighted by Gasteiger charge is 2.30. The minimum absolute atomic E-state index is 0.241. The van der Waals surface area contributed by atoms with Crippen LogP contribution in [0.2, 0.25) is 0 Å². The first kappa shape index (κ1) is 13.5. The Balaban J connectivity index is 2.52. The number of rotatable bonds is 5. The van der Waals surface area contributed by atoms with Crippen molar-refractivity contribution in [2.24, 2.45) is 11.5 Å². The number of carbonyl (C=O) groups is 1. The summed E-state index contributed by atoms with van der Waals surface area (Å²) in [6, 6.07) is -0.987. The van der Waals surface area contributed by atoms with E-state index in [0.717, 1.165) is 12.8 Å². The van der Waals surface area contributed by atoms with E-state index in [1.54, 1.807) is 4.90 Å². The molecule has 0 aromatic rings. The summed E-state index contributed by atoms with van der Waals surface area (Å²) in [6.45, 7) is 5.02. The third-order valence-corrected chi connectivity index (χ3v) is 2.77. The highest BCUT2D eigenvalue weighted by atomic mass is 16.3. The minimum atomic E-state index is -1.13. The van der Waals surface area contributed by atoms with E-state index in [9.17, 15) is 9.90 Å². The molecular formula is C11H20N4O2. The van der Waals surface area contributed by atoms with Gasteiger partial charge in [0.25, 0.3) is 0 Å². The van der Waals surface area contributed by atoms with Crippen LogP contribution in [0.5, 0.6) is 0 Å². The van der Waals surface area contributed by atoms with Crippen LogP contribution >= 0.6 is 0 Å². The number of aliphatic hydroxyl groups excluding tert-OH is 1. The average molecular weight is 240 g/mol. The van der Waals surface area contributed by atoms with E-state index in [1.165, 1.54) is 12.4 Å². The molecule has 0 radical (unpaired) electrons. The summed E-state index contributed by atoms with van der Waals surface area (Å²) in [7, 11) is 0. The summed E-state index contributed by atoms with van der Waals surface area (Å²) in [5.74, 6) is -0.241. The lowest BCUT2D eigenvalue weighted by Gasteiger charge is -2.24. The highest BCUT2D eigenvalue weighted by molar-refractivity contribution is 5.83. The van der Waals surface area contributed by atoms with Crippen LogP contribution in [0.4, 0.5) is 0 Å². The summed E-state index contributed by atoms with van der Waals surface area (Å²) in [6.07, 6.45) is 3.54. The van der Waals surface area contributed by atoms with Crippen molar-refractivity contribution in [3.63, 3.8) is 0 Å². The molecule has 1 rings (SSSR count). The largest absolute Gasteiger partial charge is 0.403 e. The lowest BCUT2D eigenvalue weighted by Crippen LogP contribution is -2.50. The predicted molar refractivity (Wildman–Crippen MR) is 65.4 cm³/mol. The zero-order valence-corrected chi connectivity index (χ0v) is 9.80. The first-order valence-electron chi connectivity index (χ1n) is 5.62. The molecule has 0 bridgehead atoms. The average Bonchev–Trinajstić information content (AvgIpc) is 2.86. The van der Waals surface area contributed by atoms with E-state index in [2.05, 4.69) is 11.9 Å². The summed E-state index contributed by atoms with van der Waals surface area (Å²) in [5, 5.41) is 12.5. The second-order valence-electron chi connectivity index (χ2n) is 4.03. The molecule has 1 heterocycles. The molecule has 96 valence electrons. The van der Waals surface area contributed by atoms with Gasteiger partial charge in [-0.3, -0.25) is 4.79 Å². The third kappa shape index (κ3) is 3.47. The van der Waals surface area contributed by atoms with Crippen LogP contribution in [-0.2, 0) is 4.79 Å². The smallest absolute Gasteiger partial charge is 0.242 e. The molecule has 0 aliphatic carbocycles. The van der Waals surface area contributed by atoms with Gasteiger partial charge in [0.05, 0.1) is 0 Å². The molecule has 1 saturated heterocycles. The Morgan fingerprint density at radius 1 is 1.47 bits per heavy atom. The van der Waals surface area contributed by atoms with Gasteiger partial charge in [0.15, 0.2) is 0 Å². The first-order valence-corrected chi connectivity index (χ1v) is 5.62. The van der Waals surface area contributed by atoms with Gasteiger partial charge in [-0.15, -0.1) is 0 Å². The van der Waals surface area contributed by atoms with Crippen molar-refractivity contribution in [3.05, 3.63) is 24.7 Å². The monoisotopic (exact) mass is 240 g/mol. The molecule has 2 atom stereocenters. The Morgan fingerprint density at radius 2 is 2.06 bits per heavy atom. The fraction of sp³-hybridized carbons (Fsp3) is 0.545.